The molecule has 14 heavy (non-hydrogen) atoms. The summed E-state index contributed by atoms with van der Waals surface area (Å²) in [5.74, 6) is 0.0648. The van der Waals surface area contributed by atoms with Crippen LogP contribution in [0.5, 0.6) is 0 Å². The Labute approximate surface area is 80.6 Å². The Hall–Kier alpha value is -1.66. The molecule has 0 radical (unpaired) electrons. The van der Waals surface area contributed by atoms with Gasteiger partial charge in [-0.3, -0.25) is 4.79 Å². The molecular weight excluding hydrogens is 184 g/mol. The highest BCUT2D eigenvalue weighted by atomic mass is 16.2. The number of nitrogens with two attached hydrogens (primary N) is 1. The molecule has 76 valence electrons. The molecule has 1 aliphatic carbocycles. The van der Waals surface area contributed by atoms with Gasteiger partial charge in [-0.15, -0.1) is 0 Å². The van der Waals surface area contributed by atoms with Gasteiger partial charge in [-0.2, -0.15) is 4.68 Å². The molecule has 0 aromatic carbocycles. The normalized spacial score (nSPS) is 17.8. The second-order valence-electron chi connectivity index (χ2n) is 3.44. The standard InChI is InChI=1S/C7H12N6O/c1-4(6(14)9-5-2-3-5)13-7(8)10-11-12-13/h4-5H,2-3H2,1H3,(H,9,14)(H2,8,10,12). The Bertz CT molecular complexity index is 344. The molecular formula is C7H12N6O. The summed E-state index contributed by atoms with van der Waals surface area (Å²) in [6, 6.07) is -0.117. The first-order valence-corrected chi connectivity index (χ1v) is 4.52. The van der Waals surface area contributed by atoms with Crippen molar-refractivity contribution in [3.05, 3.63) is 0 Å². The van der Waals surface area contributed by atoms with E-state index in [4.69, 9.17) is 5.73 Å². The van der Waals surface area contributed by atoms with Crippen LogP contribution in [0, 0.1) is 0 Å². The molecule has 7 heteroatoms. The maximum Gasteiger partial charge on any atom is 0.245 e. The second-order valence-corrected chi connectivity index (χ2v) is 3.44. The van der Waals surface area contributed by atoms with Crippen LogP contribution < -0.4 is 11.1 Å². The molecule has 0 bridgehead atoms. The van der Waals surface area contributed by atoms with Gasteiger partial charge in [0.1, 0.15) is 6.04 Å². The van der Waals surface area contributed by atoms with E-state index in [9.17, 15) is 4.79 Å². The van der Waals surface area contributed by atoms with Gasteiger partial charge in [0.05, 0.1) is 0 Å². The fourth-order valence-corrected chi connectivity index (χ4v) is 1.14. The van der Waals surface area contributed by atoms with Gasteiger partial charge in [-0.25, -0.2) is 0 Å². The first-order valence-electron chi connectivity index (χ1n) is 4.52. The van der Waals surface area contributed by atoms with Gasteiger partial charge in [-0.05, 0) is 30.2 Å². The van der Waals surface area contributed by atoms with Crippen LogP contribution in [0.2, 0.25) is 0 Å². The van der Waals surface area contributed by atoms with Crippen molar-refractivity contribution in [3.63, 3.8) is 0 Å². The predicted molar refractivity (Wildman–Crippen MR) is 48.1 cm³/mol. The number of carbonyl (C=O) groups is 1. The Balaban J connectivity index is 2.03. The monoisotopic (exact) mass is 196 g/mol. The largest absolute Gasteiger partial charge is 0.367 e. The number of tetrazole rings is 1. The molecule has 0 aliphatic heterocycles. The lowest BCUT2D eigenvalue weighted by Gasteiger charge is -2.11. The lowest BCUT2D eigenvalue weighted by Crippen LogP contribution is -2.33. The molecule has 1 amide bonds. The highest BCUT2D eigenvalue weighted by molar-refractivity contribution is 5.80. The Morgan fingerprint density at radius 3 is 2.93 bits per heavy atom. The summed E-state index contributed by atoms with van der Waals surface area (Å²) in [5.41, 5.74) is 5.47. The molecule has 1 fully saturated rings. The fraction of sp³-hybridized carbons (Fsp3) is 0.714. The maximum absolute atomic E-state index is 11.6. The summed E-state index contributed by atoms with van der Waals surface area (Å²) < 4.78 is 1.30. The van der Waals surface area contributed by atoms with Crippen molar-refractivity contribution in [2.75, 3.05) is 5.73 Å². The molecule has 3 N–H and O–H groups in total. The molecule has 1 aliphatic rings. The first kappa shape index (κ1) is 8.92. The van der Waals surface area contributed by atoms with Crippen molar-refractivity contribution in [1.82, 2.24) is 25.5 Å². The van der Waals surface area contributed by atoms with Gasteiger partial charge in [-0.1, -0.05) is 5.10 Å². The van der Waals surface area contributed by atoms with E-state index in [2.05, 4.69) is 20.8 Å². The minimum absolute atomic E-state index is 0.0912. The average molecular weight is 196 g/mol. The molecule has 1 heterocycles. The molecule has 1 atom stereocenters. The minimum Gasteiger partial charge on any atom is -0.367 e. The lowest BCUT2D eigenvalue weighted by atomic mass is 10.3. The third-order valence-electron chi connectivity index (χ3n) is 2.19. The Morgan fingerprint density at radius 2 is 2.43 bits per heavy atom. The fourth-order valence-electron chi connectivity index (χ4n) is 1.14. The van der Waals surface area contributed by atoms with Crippen molar-refractivity contribution in [2.24, 2.45) is 0 Å². The van der Waals surface area contributed by atoms with E-state index in [1.165, 1.54) is 4.68 Å². The van der Waals surface area contributed by atoms with Crippen molar-refractivity contribution in [1.29, 1.82) is 0 Å². The molecule has 1 unspecified atom stereocenters. The highest BCUT2D eigenvalue weighted by Crippen LogP contribution is 2.20. The zero-order chi connectivity index (χ0) is 10.1. The third kappa shape index (κ3) is 1.66. The van der Waals surface area contributed by atoms with E-state index < -0.39 is 6.04 Å². The second kappa shape index (κ2) is 3.24. The minimum atomic E-state index is -0.453. The third-order valence-corrected chi connectivity index (χ3v) is 2.19. The summed E-state index contributed by atoms with van der Waals surface area (Å²) in [6.45, 7) is 1.71. The molecule has 1 aromatic rings. The van der Waals surface area contributed by atoms with E-state index in [1.54, 1.807) is 6.92 Å². The topological polar surface area (TPSA) is 98.7 Å². The number of anilines is 1. The molecule has 2 rings (SSSR count). The van der Waals surface area contributed by atoms with Crippen molar-refractivity contribution >= 4 is 11.9 Å². The molecule has 0 spiro atoms. The quantitative estimate of drug-likeness (QED) is 0.652. The summed E-state index contributed by atoms with van der Waals surface area (Å²) >= 11 is 0. The van der Waals surface area contributed by atoms with Gasteiger partial charge in [0.25, 0.3) is 0 Å². The van der Waals surface area contributed by atoms with Crippen LogP contribution in [-0.2, 0) is 4.79 Å². The SMILES string of the molecule is CC(C(=O)NC1CC1)n1nnnc1N. The van der Waals surface area contributed by atoms with Gasteiger partial charge in [0.2, 0.25) is 11.9 Å². The van der Waals surface area contributed by atoms with Crippen LogP contribution in [0.4, 0.5) is 5.95 Å². The predicted octanol–water partition coefficient (Wildman–Crippen LogP) is -0.905. The van der Waals surface area contributed by atoms with E-state index in [1.807, 2.05) is 0 Å². The molecule has 0 saturated heterocycles. The molecule has 1 saturated carbocycles. The van der Waals surface area contributed by atoms with Crippen LogP contribution in [0.25, 0.3) is 0 Å². The smallest absolute Gasteiger partial charge is 0.245 e. The lowest BCUT2D eigenvalue weighted by molar-refractivity contribution is -0.124. The summed E-state index contributed by atoms with van der Waals surface area (Å²) in [6.07, 6.45) is 2.12. The van der Waals surface area contributed by atoms with Gasteiger partial charge < -0.3 is 11.1 Å². The number of hydrogen-bond donors (Lipinski definition) is 2. The van der Waals surface area contributed by atoms with Crippen molar-refractivity contribution in [3.8, 4) is 0 Å². The first-order chi connectivity index (χ1) is 6.68. The zero-order valence-corrected chi connectivity index (χ0v) is 7.84. The molecule has 1 aromatic heterocycles. The van der Waals surface area contributed by atoms with Gasteiger partial charge >= 0.3 is 0 Å². The Morgan fingerprint density at radius 1 is 1.71 bits per heavy atom. The van der Waals surface area contributed by atoms with Crippen LogP contribution in [-0.4, -0.2) is 32.2 Å². The summed E-state index contributed by atoms with van der Waals surface area (Å²) in [4.78, 5) is 11.6. The van der Waals surface area contributed by atoms with E-state index in [-0.39, 0.29) is 11.9 Å². The van der Waals surface area contributed by atoms with Gasteiger partial charge in [0, 0.05) is 6.04 Å². The van der Waals surface area contributed by atoms with Crippen LogP contribution in [0.1, 0.15) is 25.8 Å². The number of nitrogens with zero attached hydrogens (tertiary/aromatic N) is 4. The molecule has 7 nitrogen and oxygen atoms in total. The number of amides is 1. The van der Waals surface area contributed by atoms with E-state index in [0.717, 1.165) is 12.8 Å². The number of nitrogens with one attached hydrogen (secondary N) is 1. The van der Waals surface area contributed by atoms with E-state index in [0.29, 0.717) is 6.04 Å². The average Bonchev–Trinajstić information content (AvgIpc) is 2.86. The highest BCUT2D eigenvalue weighted by Gasteiger charge is 2.27. The number of aromatic nitrogens is 4. The van der Waals surface area contributed by atoms with Crippen LogP contribution >= 0.6 is 0 Å². The number of carbonyl (C=O) groups excluding carboxylic acids is 1. The van der Waals surface area contributed by atoms with Crippen molar-refractivity contribution < 1.29 is 4.79 Å². The summed E-state index contributed by atoms with van der Waals surface area (Å²) in [5, 5.41) is 13.4. The zero-order valence-electron chi connectivity index (χ0n) is 7.84. The van der Waals surface area contributed by atoms with Crippen molar-refractivity contribution in [2.45, 2.75) is 31.8 Å². The van der Waals surface area contributed by atoms with E-state index >= 15 is 0 Å². The van der Waals surface area contributed by atoms with Crippen LogP contribution in [0.15, 0.2) is 0 Å². The summed E-state index contributed by atoms with van der Waals surface area (Å²) in [7, 11) is 0. The van der Waals surface area contributed by atoms with Gasteiger partial charge in [0.15, 0.2) is 0 Å². The number of rotatable bonds is 3. The number of hydrogen-bond acceptors (Lipinski definition) is 5. The maximum atomic E-state index is 11.6. The Kier molecular flexibility index (Phi) is 2.06. The number of nitrogen functional groups attached to an aromatic ring is 1. The van der Waals surface area contributed by atoms with Crippen LogP contribution in [0.3, 0.4) is 0 Å².